The molecule has 0 aliphatic rings. The summed E-state index contributed by atoms with van der Waals surface area (Å²) in [5.41, 5.74) is 0. The highest BCUT2D eigenvalue weighted by molar-refractivity contribution is 8.76. The highest BCUT2D eigenvalue weighted by atomic mass is 33.1. The average molecular weight is 248 g/mol. The number of halogens is 3. The summed E-state index contributed by atoms with van der Waals surface area (Å²) < 4.78 is 31.1. The molecule has 0 nitrogen and oxygen atoms in total. The van der Waals surface area contributed by atoms with Crippen molar-refractivity contribution in [3.63, 3.8) is 0 Å². The largest absolute Gasteiger partial charge is 0.386 e. The molecule has 5 heteroatoms. The molecule has 0 N–H and O–H groups in total. The normalized spacial score (nSPS) is 11.6. The molecule has 0 aromatic rings. The minimum absolute atomic E-state index is 0.188. The van der Waals surface area contributed by atoms with Crippen molar-refractivity contribution in [1.82, 2.24) is 0 Å². The van der Waals surface area contributed by atoms with Crippen LogP contribution in [0.5, 0.6) is 0 Å². The van der Waals surface area contributed by atoms with Crippen LogP contribution in [0.4, 0.5) is 13.2 Å². The molecule has 0 aliphatic heterocycles. The lowest BCUT2D eigenvalue weighted by atomic mass is 10.3. The van der Waals surface area contributed by atoms with Crippen molar-refractivity contribution in [1.29, 1.82) is 0 Å². The van der Waals surface area contributed by atoms with Gasteiger partial charge in [0.05, 0.1) is 0 Å². The van der Waals surface area contributed by atoms with Crippen LogP contribution in [0, 0.1) is 5.92 Å². The van der Waals surface area contributed by atoms with Gasteiger partial charge in [0.2, 0.25) is 0 Å². The van der Waals surface area contributed by atoms with E-state index in [2.05, 4.69) is 27.7 Å². The van der Waals surface area contributed by atoms with Gasteiger partial charge in [-0.25, -0.2) is 0 Å². The van der Waals surface area contributed by atoms with Gasteiger partial charge in [0.1, 0.15) is 0 Å². The highest BCUT2D eigenvalue weighted by Crippen LogP contribution is 2.27. The summed E-state index contributed by atoms with van der Waals surface area (Å²) in [6.07, 6.45) is -4.00. The molecule has 0 aromatic carbocycles. The van der Waals surface area contributed by atoms with Gasteiger partial charge in [-0.1, -0.05) is 49.3 Å². The lowest BCUT2D eigenvalue weighted by molar-refractivity contribution is -0.110. The lowest BCUT2D eigenvalue weighted by Crippen LogP contribution is -1.95. The third-order valence-corrected chi connectivity index (χ3v) is 3.96. The first-order chi connectivity index (χ1) is 6.13. The molecule has 0 saturated carbocycles. The minimum atomic E-state index is -4.00. The number of hydrogen-bond donors (Lipinski definition) is 0. The summed E-state index contributed by atoms with van der Waals surface area (Å²) >= 11 is 0. The van der Waals surface area contributed by atoms with Gasteiger partial charge in [-0.15, -0.1) is 0 Å². The van der Waals surface area contributed by atoms with Gasteiger partial charge in [-0.2, -0.15) is 13.2 Å². The van der Waals surface area contributed by atoms with Crippen LogP contribution < -0.4 is 0 Å². The predicted octanol–water partition coefficient (Wildman–Crippen LogP) is 5.00. The Hall–Kier alpha value is 0.490. The van der Waals surface area contributed by atoms with Crippen molar-refractivity contribution in [3.05, 3.63) is 0 Å². The highest BCUT2D eigenvalue weighted by Gasteiger charge is 2.15. The molecule has 0 fully saturated rings. The quantitative estimate of drug-likeness (QED) is 0.642. The van der Waals surface area contributed by atoms with E-state index in [-0.39, 0.29) is 6.92 Å². The first kappa shape index (κ1) is 16.9. The second kappa shape index (κ2) is 8.77. The van der Waals surface area contributed by atoms with Crippen LogP contribution in [-0.2, 0) is 0 Å². The van der Waals surface area contributed by atoms with Crippen LogP contribution >= 0.6 is 21.6 Å². The van der Waals surface area contributed by atoms with E-state index in [9.17, 15) is 13.2 Å². The third-order valence-electron chi connectivity index (χ3n) is 0.662. The molecule has 14 heavy (non-hydrogen) atoms. The van der Waals surface area contributed by atoms with Crippen molar-refractivity contribution >= 4 is 21.6 Å². The van der Waals surface area contributed by atoms with Crippen molar-refractivity contribution in [2.24, 2.45) is 5.92 Å². The zero-order valence-electron chi connectivity index (χ0n) is 9.31. The molecular weight excluding hydrogens is 229 g/mol. The summed E-state index contributed by atoms with van der Waals surface area (Å²) in [5.74, 6) is 2.12. The summed E-state index contributed by atoms with van der Waals surface area (Å²) in [6, 6.07) is 0. The van der Waals surface area contributed by atoms with Crippen LogP contribution in [0.3, 0.4) is 0 Å². The Labute approximate surface area is 92.8 Å². The van der Waals surface area contributed by atoms with Gasteiger partial charge < -0.3 is 0 Å². The van der Waals surface area contributed by atoms with Crippen molar-refractivity contribution in [2.75, 3.05) is 5.75 Å². The number of rotatable bonds is 4. The molecule has 0 unspecified atom stereocenters. The van der Waals surface area contributed by atoms with Crippen molar-refractivity contribution in [2.45, 2.75) is 46.0 Å². The van der Waals surface area contributed by atoms with E-state index in [0.717, 1.165) is 11.2 Å². The van der Waals surface area contributed by atoms with Gasteiger partial charge in [-0.3, -0.25) is 0 Å². The molecule has 88 valence electrons. The number of alkyl halides is 3. The van der Waals surface area contributed by atoms with E-state index in [1.54, 1.807) is 0 Å². The molecule has 0 atom stereocenters. The Morgan fingerprint density at radius 1 is 1.07 bits per heavy atom. The zero-order valence-corrected chi connectivity index (χ0v) is 10.9. The maximum atomic E-state index is 10.4. The molecule has 0 heterocycles. The van der Waals surface area contributed by atoms with E-state index < -0.39 is 6.18 Å². The molecule has 0 aliphatic carbocycles. The topological polar surface area (TPSA) is 0 Å². The second-order valence-corrected chi connectivity index (χ2v) is 6.59. The van der Waals surface area contributed by atoms with E-state index in [1.807, 2.05) is 21.6 Å². The fraction of sp³-hybridized carbons (Fsp3) is 1.00. The van der Waals surface area contributed by atoms with Crippen LogP contribution in [-0.4, -0.2) is 17.2 Å². The molecule has 0 radical (unpaired) electrons. The SMILES string of the molecule is CC(C)CSSC(C)C.CC(F)(F)F. The van der Waals surface area contributed by atoms with Gasteiger partial charge in [0, 0.05) is 17.9 Å². The maximum absolute atomic E-state index is 10.4. The monoisotopic (exact) mass is 248 g/mol. The summed E-state index contributed by atoms with van der Waals surface area (Å²) in [4.78, 5) is 0. The second-order valence-electron chi connectivity index (χ2n) is 3.60. The van der Waals surface area contributed by atoms with Gasteiger partial charge >= 0.3 is 6.18 Å². The van der Waals surface area contributed by atoms with E-state index in [4.69, 9.17) is 0 Å². The first-order valence-electron chi connectivity index (χ1n) is 4.48. The molecule has 0 amide bonds. The zero-order chi connectivity index (χ0) is 11.8. The Morgan fingerprint density at radius 3 is 1.64 bits per heavy atom. The fourth-order valence-corrected chi connectivity index (χ4v) is 2.80. The van der Waals surface area contributed by atoms with Crippen LogP contribution in [0.2, 0.25) is 0 Å². The van der Waals surface area contributed by atoms with Crippen LogP contribution in [0.15, 0.2) is 0 Å². The smallest absolute Gasteiger partial charge is 0.172 e. The maximum Gasteiger partial charge on any atom is 0.386 e. The van der Waals surface area contributed by atoms with Crippen LogP contribution in [0.25, 0.3) is 0 Å². The molecular formula is C9H19F3S2. The first-order valence-corrected chi connectivity index (χ1v) is 6.86. The van der Waals surface area contributed by atoms with E-state index in [1.165, 1.54) is 5.75 Å². The Morgan fingerprint density at radius 2 is 1.43 bits per heavy atom. The third kappa shape index (κ3) is 39.1. The minimum Gasteiger partial charge on any atom is -0.172 e. The average Bonchev–Trinajstić information content (AvgIpc) is 1.80. The molecule has 0 saturated heterocycles. The van der Waals surface area contributed by atoms with Crippen molar-refractivity contribution in [3.8, 4) is 0 Å². The van der Waals surface area contributed by atoms with E-state index in [0.29, 0.717) is 0 Å². The summed E-state index contributed by atoms with van der Waals surface area (Å²) in [6.45, 7) is 9.17. The fourth-order valence-electron chi connectivity index (χ4n) is 0.311. The van der Waals surface area contributed by atoms with E-state index >= 15 is 0 Å². The number of hydrogen-bond acceptors (Lipinski definition) is 2. The summed E-state index contributed by atoms with van der Waals surface area (Å²) in [7, 11) is 3.96. The molecule has 0 bridgehead atoms. The molecule has 0 aromatic heterocycles. The molecule has 0 spiro atoms. The lowest BCUT2D eigenvalue weighted by Gasteiger charge is -2.04. The molecule has 0 rings (SSSR count). The Kier molecular flexibility index (Phi) is 10.6. The van der Waals surface area contributed by atoms with Gasteiger partial charge in [0.25, 0.3) is 0 Å². The summed E-state index contributed by atoms with van der Waals surface area (Å²) in [5, 5.41) is 0.772. The van der Waals surface area contributed by atoms with Gasteiger partial charge in [-0.05, 0) is 5.92 Å². The predicted molar refractivity (Wildman–Crippen MR) is 61.8 cm³/mol. The Balaban J connectivity index is 0. The van der Waals surface area contributed by atoms with Crippen LogP contribution in [0.1, 0.15) is 34.6 Å². The standard InChI is InChI=1S/C7H16S2.C2H3F3/c1-6(2)5-8-9-7(3)4;1-2(3,4)5/h6-7H,5H2,1-4H3;1H3. The van der Waals surface area contributed by atoms with Gasteiger partial charge in [0.15, 0.2) is 0 Å². The Bertz CT molecular complexity index is 108. The van der Waals surface area contributed by atoms with Crippen molar-refractivity contribution < 1.29 is 13.2 Å².